The Labute approximate surface area is 124 Å². The molecule has 0 fully saturated rings. The molecule has 0 saturated heterocycles. The minimum atomic E-state index is -0.336. The van der Waals surface area contributed by atoms with E-state index in [1.54, 1.807) is 12.1 Å². The van der Waals surface area contributed by atoms with Crippen LogP contribution in [0.5, 0.6) is 0 Å². The molecule has 98 valence electrons. The molecule has 3 N–H and O–H groups in total. The lowest BCUT2D eigenvalue weighted by Gasteiger charge is -2.10. The number of nitrogens with two attached hydrogens (primary N) is 1. The molecule has 1 amide bonds. The number of hydrogen-bond donors (Lipinski definition) is 2. The van der Waals surface area contributed by atoms with Gasteiger partial charge in [0, 0.05) is 9.26 Å². The average molecular weight is 370 g/mol. The van der Waals surface area contributed by atoms with Gasteiger partial charge in [-0.3, -0.25) is 4.79 Å². The van der Waals surface area contributed by atoms with Gasteiger partial charge in [-0.15, -0.1) is 0 Å². The van der Waals surface area contributed by atoms with Crippen LogP contribution >= 0.6 is 22.6 Å². The zero-order chi connectivity index (χ0) is 14.0. The van der Waals surface area contributed by atoms with Crippen LogP contribution in [0.3, 0.4) is 0 Å². The van der Waals surface area contributed by atoms with Gasteiger partial charge in [-0.25, -0.2) is 4.39 Å². The molecule has 0 spiro atoms. The van der Waals surface area contributed by atoms with Crippen LogP contribution in [-0.4, -0.2) is 5.91 Å². The van der Waals surface area contributed by atoms with Gasteiger partial charge in [-0.05, 0) is 59.3 Å². The zero-order valence-corrected chi connectivity index (χ0v) is 12.4. The number of rotatable bonds is 2. The minimum Gasteiger partial charge on any atom is -0.398 e. The second kappa shape index (κ2) is 5.56. The molecule has 0 aliphatic rings. The smallest absolute Gasteiger partial charge is 0.257 e. The Kier molecular flexibility index (Phi) is 4.04. The van der Waals surface area contributed by atoms with Crippen LogP contribution in [0.15, 0.2) is 36.4 Å². The van der Waals surface area contributed by atoms with E-state index < -0.39 is 0 Å². The van der Waals surface area contributed by atoms with Crippen LogP contribution in [0.25, 0.3) is 0 Å². The van der Waals surface area contributed by atoms with Crippen LogP contribution < -0.4 is 11.1 Å². The van der Waals surface area contributed by atoms with E-state index in [0.717, 1.165) is 5.56 Å². The summed E-state index contributed by atoms with van der Waals surface area (Å²) in [6, 6.07) is 9.46. The maximum absolute atomic E-state index is 13.0. The van der Waals surface area contributed by atoms with Crippen LogP contribution in [-0.2, 0) is 0 Å². The number of amides is 1. The molecule has 0 saturated carbocycles. The Morgan fingerprint density at radius 3 is 2.74 bits per heavy atom. The summed E-state index contributed by atoms with van der Waals surface area (Å²) in [5, 5.41) is 2.73. The first-order valence-electron chi connectivity index (χ1n) is 5.60. The second-order valence-corrected chi connectivity index (χ2v) is 5.28. The van der Waals surface area contributed by atoms with Crippen molar-refractivity contribution in [3.63, 3.8) is 0 Å². The van der Waals surface area contributed by atoms with E-state index in [9.17, 15) is 9.18 Å². The summed E-state index contributed by atoms with van der Waals surface area (Å²) in [5.41, 5.74) is 8.16. The van der Waals surface area contributed by atoms with E-state index in [1.807, 2.05) is 35.6 Å². The fraction of sp³-hybridized carbons (Fsp3) is 0.0714. The molecule has 0 aliphatic carbocycles. The summed E-state index contributed by atoms with van der Waals surface area (Å²) >= 11 is 1.97. The molecule has 5 heteroatoms. The van der Waals surface area contributed by atoms with E-state index in [4.69, 9.17) is 5.73 Å². The van der Waals surface area contributed by atoms with Gasteiger partial charge in [0.15, 0.2) is 0 Å². The molecule has 0 atom stereocenters. The van der Waals surface area contributed by atoms with Crippen molar-refractivity contribution in [1.82, 2.24) is 0 Å². The number of aryl methyl sites for hydroxylation is 1. The summed E-state index contributed by atoms with van der Waals surface area (Å²) in [6.45, 7) is 1.84. The third-order valence-corrected chi connectivity index (χ3v) is 3.64. The van der Waals surface area contributed by atoms with Crippen molar-refractivity contribution in [1.29, 1.82) is 0 Å². The van der Waals surface area contributed by atoms with Gasteiger partial charge in [0.1, 0.15) is 5.82 Å². The highest BCUT2D eigenvalue weighted by molar-refractivity contribution is 14.1. The first-order chi connectivity index (χ1) is 8.99. The number of hydrogen-bond acceptors (Lipinski definition) is 2. The molecule has 0 radical (unpaired) electrons. The largest absolute Gasteiger partial charge is 0.398 e. The first-order valence-corrected chi connectivity index (χ1v) is 6.68. The van der Waals surface area contributed by atoms with Crippen molar-refractivity contribution in [3.05, 3.63) is 56.9 Å². The molecule has 2 rings (SSSR count). The standard InChI is InChI=1S/C14H12FIN2O/c1-8-3-2-4-10(13(8)17)14(19)18-12-6-5-9(15)7-11(12)16/h2-7H,17H2,1H3,(H,18,19). The summed E-state index contributed by atoms with van der Waals surface area (Å²) < 4.78 is 13.6. The number of nitrogens with one attached hydrogen (secondary N) is 1. The van der Waals surface area contributed by atoms with Crippen molar-refractivity contribution in [2.45, 2.75) is 6.92 Å². The molecule has 2 aromatic carbocycles. The summed E-state index contributed by atoms with van der Waals surface area (Å²) in [5.74, 6) is -0.636. The summed E-state index contributed by atoms with van der Waals surface area (Å²) in [6.07, 6.45) is 0. The summed E-state index contributed by atoms with van der Waals surface area (Å²) in [7, 11) is 0. The molecule has 0 aromatic heterocycles. The maximum Gasteiger partial charge on any atom is 0.257 e. The van der Waals surface area contributed by atoms with Gasteiger partial charge in [0.05, 0.1) is 11.3 Å². The molecular formula is C14H12FIN2O. The Hall–Kier alpha value is -1.63. The number of carbonyl (C=O) groups is 1. The van der Waals surface area contributed by atoms with Gasteiger partial charge in [-0.1, -0.05) is 12.1 Å². The van der Waals surface area contributed by atoms with Crippen LogP contribution in [0.4, 0.5) is 15.8 Å². The third kappa shape index (κ3) is 3.04. The number of nitrogen functional groups attached to an aromatic ring is 1. The number of halogens is 2. The van der Waals surface area contributed by atoms with E-state index in [1.165, 1.54) is 18.2 Å². The first kappa shape index (κ1) is 13.8. The topological polar surface area (TPSA) is 55.1 Å². The Morgan fingerprint density at radius 1 is 1.32 bits per heavy atom. The highest BCUT2D eigenvalue weighted by atomic mass is 127. The van der Waals surface area contributed by atoms with Crippen LogP contribution in [0, 0.1) is 16.3 Å². The molecule has 0 unspecified atom stereocenters. The highest BCUT2D eigenvalue weighted by Gasteiger charge is 2.12. The van der Waals surface area contributed by atoms with Crippen molar-refractivity contribution in [2.75, 3.05) is 11.1 Å². The maximum atomic E-state index is 13.0. The van der Waals surface area contributed by atoms with Crippen molar-refractivity contribution in [3.8, 4) is 0 Å². The Balaban J connectivity index is 2.28. The SMILES string of the molecule is Cc1cccc(C(=O)Nc2ccc(F)cc2I)c1N. The molecule has 19 heavy (non-hydrogen) atoms. The number of para-hydroxylation sites is 1. The van der Waals surface area contributed by atoms with Crippen molar-refractivity contribution in [2.24, 2.45) is 0 Å². The van der Waals surface area contributed by atoms with Gasteiger partial charge < -0.3 is 11.1 Å². The Bertz CT molecular complexity index is 643. The normalized spacial score (nSPS) is 10.3. The quantitative estimate of drug-likeness (QED) is 0.627. The predicted octanol–water partition coefficient (Wildman–Crippen LogP) is 3.57. The van der Waals surface area contributed by atoms with Crippen LogP contribution in [0.2, 0.25) is 0 Å². The average Bonchev–Trinajstić information content (AvgIpc) is 2.36. The molecule has 0 heterocycles. The van der Waals surface area contributed by atoms with Crippen molar-refractivity contribution >= 4 is 39.9 Å². The van der Waals surface area contributed by atoms with Crippen LogP contribution in [0.1, 0.15) is 15.9 Å². The van der Waals surface area contributed by atoms with Gasteiger partial charge in [0.25, 0.3) is 5.91 Å². The van der Waals surface area contributed by atoms with Crippen molar-refractivity contribution < 1.29 is 9.18 Å². The molecule has 2 aromatic rings. The zero-order valence-electron chi connectivity index (χ0n) is 10.2. The highest BCUT2D eigenvalue weighted by Crippen LogP contribution is 2.22. The van der Waals surface area contributed by atoms with Gasteiger partial charge in [0.2, 0.25) is 0 Å². The monoisotopic (exact) mass is 370 g/mol. The minimum absolute atomic E-state index is 0.300. The number of carbonyl (C=O) groups excluding carboxylic acids is 1. The van der Waals surface area contributed by atoms with Gasteiger partial charge in [-0.2, -0.15) is 0 Å². The third-order valence-electron chi connectivity index (χ3n) is 2.75. The summed E-state index contributed by atoms with van der Waals surface area (Å²) in [4.78, 5) is 12.1. The fourth-order valence-corrected chi connectivity index (χ4v) is 2.27. The molecular weight excluding hydrogens is 358 g/mol. The lowest BCUT2D eigenvalue weighted by atomic mass is 10.1. The van der Waals surface area contributed by atoms with E-state index in [-0.39, 0.29) is 11.7 Å². The van der Waals surface area contributed by atoms with E-state index >= 15 is 0 Å². The molecule has 0 aliphatic heterocycles. The fourth-order valence-electron chi connectivity index (χ4n) is 1.66. The van der Waals surface area contributed by atoms with E-state index in [0.29, 0.717) is 20.5 Å². The lowest BCUT2D eigenvalue weighted by Crippen LogP contribution is -2.15. The predicted molar refractivity (Wildman–Crippen MR) is 82.7 cm³/mol. The number of benzene rings is 2. The second-order valence-electron chi connectivity index (χ2n) is 4.11. The van der Waals surface area contributed by atoms with Gasteiger partial charge >= 0.3 is 0 Å². The van der Waals surface area contributed by atoms with E-state index in [2.05, 4.69) is 5.32 Å². The number of anilines is 2. The lowest BCUT2D eigenvalue weighted by molar-refractivity contribution is 0.102. The molecule has 3 nitrogen and oxygen atoms in total. The Morgan fingerprint density at radius 2 is 2.05 bits per heavy atom. The molecule has 0 bridgehead atoms.